The fourth-order valence-electron chi connectivity index (χ4n) is 1.34. The zero-order valence-corrected chi connectivity index (χ0v) is 9.96. The monoisotopic (exact) mass is 254 g/mol. The number of rotatable bonds is 2. The van der Waals surface area contributed by atoms with E-state index < -0.39 is 0 Å². The van der Waals surface area contributed by atoms with Gasteiger partial charge in [-0.05, 0) is 25.1 Å². The van der Waals surface area contributed by atoms with Gasteiger partial charge in [0.15, 0.2) is 0 Å². The van der Waals surface area contributed by atoms with Crippen molar-refractivity contribution < 1.29 is 4.39 Å². The van der Waals surface area contributed by atoms with Gasteiger partial charge < -0.3 is 11.1 Å². The Labute approximate surface area is 105 Å². The van der Waals surface area contributed by atoms with E-state index in [1.54, 1.807) is 18.2 Å². The number of aryl methyl sites for hydroxylation is 1. The molecule has 2 aromatic rings. The number of halogens is 2. The van der Waals surface area contributed by atoms with Crippen molar-refractivity contribution in [3.8, 4) is 0 Å². The van der Waals surface area contributed by atoms with Crippen LogP contribution in [0, 0.1) is 12.7 Å². The Morgan fingerprint density at radius 2 is 2.00 bits per heavy atom. The van der Waals surface area contributed by atoms with Crippen molar-refractivity contribution in [3.05, 3.63) is 41.8 Å². The molecule has 1 aromatic heterocycles. The maximum Gasteiger partial charge on any atom is 0.229 e. The van der Waals surface area contributed by atoms with Crippen LogP contribution in [0.5, 0.6) is 0 Å². The van der Waals surface area contributed by atoms with Crippen LogP contribution in [0.25, 0.3) is 0 Å². The van der Waals surface area contributed by atoms with Gasteiger partial charge in [0, 0.05) is 17.4 Å². The Hall–Kier alpha value is -1.88. The molecule has 6 heteroatoms. The standard InChI is InChI=1S/C11H11FN4.ClH/c1-7-5-10(13)16-11(14-7)15-9-4-2-3-8(12)6-9;/h2-6H,1H3,(H3,13,14,15,16);1H. The predicted molar refractivity (Wildman–Crippen MR) is 68.1 cm³/mol. The number of hydrogen-bond donors (Lipinski definition) is 2. The summed E-state index contributed by atoms with van der Waals surface area (Å²) < 4.78 is 12.9. The molecule has 3 N–H and O–H groups in total. The molecule has 0 radical (unpaired) electrons. The van der Waals surface area contributed by atoms with E-state index in [-0.39, 0.29) is 18.2 Å². The van der Waals surface area contributed by atoms with E-state index in [0.717, 1.165) is 5.69 Å². The highest BCUT2D eigenvalue weighted by Gasteiger charge is 2.01. The highest BCUT2D eigenvalue weighted by molar-refractivity contribution is 5.85. The van der Waals surface area contributed by atoms with Crippen LogP contribution in [0.3, 0.4) is 0 Å². The van der Waals surface area contributed by atoms with Crippen LogP contribution in [-0.4, -0.2) is 9.97 Å². The van der Waals surface area contributed by atoms with Gasteiger partial charge in [-0.2, -0.15) is 4.98 Å². The van der Waals surface area contributed by atoms with Gasteiger partial charge in [-0.25, -0.2) is 9.37 Å². The molecule has 0 aliphatic carbocycles. The Morgan fingerprint density at radius 3 is 2.65 bits per heavy atom. The number of hydrogen-bond acceptors (Lipinski definition) is 4. The fourth-order valence-corrected chi connectivity index (χ4v) is 1.34. The minimum absolute atomic E-state index is 0. The summed E-state index contributed by atoms with van der Waals surface area (Å²) in [6.07, 6.45) is 0. The van der Waals surface area contributed by atoms with Crippen molar-refractivity contribution in [1.82, 2.24) is 9.97 Å². The third-order valence-corrected chi connectivity index (χ3v) is 1.95. The summed E-state index contributed by atoms with van der Waals surface area (Å²) in [6, 6.07) is 7.73. The van der Waals surface area contributed by atoms with Gasteiger partial charge in [-0.1, -0.05) is 6.07 Å². The largest absolute Gasteiger partial charge is 0.384 e. The third-order valence-electron chi connectivity index (χ3n) is 1.95. The number of benzene rings is 1. The topological polar surface area (TPSA) is 63.8 Å². The van der Waals surface area contributed by atoms with Gasteiger partial charge in [-0.3, -0.25) is 0 Å². The molecule has 0 aliphatic rings. The Bertz CT molecular complexity index is 498. The van der Waals surface area contributed by atoms with Crippen molar-refractivity contribution in [3.63, 3.8) is 0 Å². The summed E-state index contributed by atoms with van der Waals surface area (Å²) >= 11 is 0. The summed E-state index contributed by atoms with van der Waals surface area (Å²) in [6.45, 7) is 1.81. The number of anilines is 3. The van der Waals surface area contributed by atoms with E-state index >= 15 is 0 Å². The van der Waals surface area contributed by atoms with Crippen LogP contribution in [0.4, 0.5) is 21.8 Å². The van der Waals surface area contributed by atoms with E-state index in [9.17, 15) is 4.39 Å². The van der Waals surface area contributed by atoms with Crippen LogP contribution >= 0.6 is 12.4 Å². The van der Waals surface area contributed by atoms with Crippen LogP contribution in [0.15, 0.2) is 30.3 Å². The van der Waals surface area contributed by atoms with Gasteiger partial charge in [0.05, 0.1) is 0 Å². The van der Waals surface area contributed by atoms with Crippen LogP contribution < -0.4 is 11.1 Å². The molecule has 1 aromatic carbocycles. The van der Waals surface area contributed by atoms with Crippen molar-refractivity contribution in [2.45, 2.75) is 6.92 Å². The molecule has 17 heavy (non-hydrogen) atoms. The summed E-state index contributed by atoms with van der Waals surface area (Å²) in [4.78, 5) is 8.13. The zero-order chi connectivity index (χ0) is 11.5. The van der Waals surface area contributed by atoms with Crippen molar-refractivity contribution in [1.29, 1.82) is 0 Å². The van der Waals surface area contributed by atoms with Gasteiger partial charge in [0.1, 0.15) is 11.6 Å². The van der Waals surface area contributed by atoms with Gasteiger partial charge >= 0.3 is 0 Å². The molecule has 0 spiro atoms. The van der Waals surface area contributed by atoms with Crippen LogP contribution in [-0.2, 0) is 0 Å². The van der Waals surface area contributed by atoms with Crippen LogP contribution in [0.1, 0.15) is 5.69 Å². The lowest BCUT2D eigenvalue weighted by Crippen LogP contribution is -2.01. The molecule has 0 bridgehead atoms. The van der Waals surface area contributed by atoms with Gasteiger partial charge in [0.2, 0.25) is 5.95 Å². The molecular formula is C11H12ClFN4. The first-order chi connectivity index (χ1) is 7.63. The molecule has 4 nitrogen and oxygen atoms in total. The van der Waals surface area contributed by atoms with Crippen LogP contribution in [0.2, 0.25) is 0 Å². The van der Waals surface area contributed by atoms with Crippen molar-refractivity contribution in [2.24, 2.45) is 0 Å². The molecule has 90 valence electrons. The first kappa shape index (κ1) is 13.2. The molecule has 0 atom stereocenters. The Balaban J connectivity index is 0.00000144. The summed E-state index contributed by atoms with van der Waals surface area (Å²) in [5.74, 6) is 0.431. The lowest BCUT2D eigenvalue weighted by molar-refractivity contribution is 0.628. The summed E-state index contributed by atoms with van der Waals surface area (Å²) in [7, 11) is 0. The average Bonchev–Trinajstić information content (AvgIpc) is 2.15. The second-order valence-corrected chi connectivity index (χ2v) is 3.39. The second-order valence-electron chi connectivity index (χ2n) is 3.39. The Morgan fingerprint density at radius 1 is 1.24 bits per heavy atom. The molecule has 2 rings (SSSR count). The summed E-state index contributed by atoms with van der Waals surface area (Å²) in [5.41, 5.74) is 6.92. The number of nitrogen functional groups attached to an aromatic ring is 1. The van der Waals surface area contributed by atoms with Crippen molar-refractivity contribution >= 4 is 29.9 Å². The molecule has 0 saturated heterocycles. The highest BCUT2D eigenvalue weighted by atomic mass is 35.5. The maximum absolute atomic E-state index is 12.9. The minimum atomic E-state index is -0.314. The van der Waals surface area contributed by atoms with E-state index in [1.807, 2.05) is 6.92 Å². The fraction of sp³-hybridized carbons (Fsp3) is 0.0909. The minimum Gasteiger partial charge on any atom is -0.384 e. The lowest BCUT2D eigenvalue weighted by atomic mass is 10.3. The predicted octanol–water partition coefficient (Wildman–Crippen LogP) is 2.67. The van der Waals surface area contributed by atoms with Crippen molar-refractivity contribution in [2.75, 3.05) is 11.1 Å². The van der Waals surface area contributed by atoms with E-state index in [1.165, 1.54) is 12.1 Å². The van der Waals surface area contributed by atoms with E-state index in [2.05, 4.69) is 15.3 Å². The molecule has 0 saturated carbocycles. The average molecular weight is 255 g/mol. The first-order valence-corrected chi connectivity index (χ1v) is 4.77. The third kappa shape index (κ3) is 3.57. The smallest absolute Gasteiger partial charge is 0.229 e. The zero-order valence-electron chi connectivity index (χ0n) is 9.14. The number of aromatic nitrogens is 2. The van der Waals surface area contributed by atoms with E-state index in [0.29, 0.717) is 17.5 Å². The molecular weight excluding hydrogens is 243 g/mol. The normalized spacial score (nSPS) is 9.53. The number of nitrogens with two attached hydrogens (primary N) is 1. The second kappa shape index (κ2) is 5.45. The lowest BCUT2D eigenvalue weighted by Gasteiger charge is -2.06. The SMILES string of the molecule is Cc1cc(N)nc(Nc2cccc(F)c2)n1.Cl. The molecule has 0 unspecified atom stereocenters. The summed E-state index contributed by atoms with van der Waals surface area (Å²) in [5, 5.41) is 2.88. The highest BCUT2D eigenvalue weighted by Crippen LogP contribution is 2.15. The quantitative estimate of drug-likeness (QED) is 0.865. The molecule has 1 heterocycles. The molecule has 0 fully saturated rings. The molecule has 0 amide bonds. The van der Waals surface area contributed by atoms with Gasteiger partial charge in [0.25, 0.3) is 0 Å². The van der Waals surface area contributed by atoms with E-state index in [4.69, 9.17) is 5.73 Å². The maximum atomic E-state index is 12.9. The Kier molecular flexibility index (Phi) is 4.23. The number of nitrogens with zero attached hydrogens (tertiary/aromatic N) is 2. The number of nitrogens with one attached hydrogen (secondary N) is 1. The van der Waals surface area contributed by atoms with Gasteiger partial charge in [-0.15, -0.1) is 12.4 Å². The molecule has 0 aliphatic heterocycles. The first-order valence-electron chi connectivity index (χ1n) is 4.77.